The zero-order valence-corrected chi connectivity index (χ0v) is 14.4. The van der Waals surface area contributed by atoms with E-state index in [-0.39, 0.29) is 24.9 Å². The maximum Gasteiger partial charge on any atom is 0.243 e. The molecule has 0 heterocycles. The maximum atomic E-state index is 12.0. The third kappa shape index (κ3) is 5.46. The molecule has 1 aliphatic carbocycles. The Balaban J connectivity index is 0.00000208. The monoisotopic (exact) mass is 346 g/mol. The molecule has 1 saturated carbocycles. The Bertz CT molecular complexity index is 643. The zero-order chi connectivity index (χ0) is 15.9. The molecular formula is C19H23ClN2O2. The van der Waals surface area contributed by atoms with Gasteiger partial charge in [-0.1, -0.05) is 24.3 Å². The van der Waals surface area contributed by atoms with Crippen molar-refractivity contribution in [3.8, 4) is 5.75 Å². The lowest BCUT2D eigenvalue weighted by Gasteiger charge is -2.14. The van der Waals surface area contributed by atoms with Crippen molar-refractivity contribution in [1.29, 1.82) is 0 Å². The summed E-state index contributed by atoms with van der Waals surface area (Å²) in [5.74, 6) is 0.748. The van der Waals surface area contributed by atoms with Gasteiger partial charge < -0.3 is 15.4 Å². The number of ether oxygens (including phenoxy) is 1. The highest BCUT2D eigenvalue weighted by atomic mass is 35.5. The molecule has 1 aliphatic rings. The van der Waals surface area contributed by atoms with Gasteiger partial charge in [0.2, 0.25) is 5.91 Å². The number of para-hydroxylation sites is 1. The lowest BCUT2D eigenvalue weighted by molar-refractivity contribution is -0.114. The first-order valence-electron chi connectivity index (χ1n) is 8.15. The average molecular weight is 347 g/mol. The molecule has 24 heavy (non-hydrogen) atoms. The highest BCUT2D eigenvalue weighted by Crippen LogP contribution is 2.25. The fourth-order valence-electron chi connectivity index (χ4n) is 2.79. The number of carbonyl (C=O) groups excluding carboxylic acids is 1. The number of anilines is 2. The molecule has 5 heteroatoms. The molecule has 0 aromatic heterocycles. The van der Waals surface area contributed by atoms with Crippen molar-refractivity contribution in [3.05, 3.63) is 54.6 Å². The molecule has 0 saturated heterocycles. The second kappa shape index (κ2) is 9.18. The number of carbonyl (C=O) groups is 1. The van der Waals surface area contributed by atoms with Gasteiger partial charge in [-0.3, -0.25) is 4.79 Å². The fourth-order valence-corrected chi connectivity index (χ4v) is 2.79. The number of benzene rings is 2. The lowest BCUT2D eigenvalue weighted by atomic mass is 10.2. The number of halogens is 1. The highest BCUT2D eigenvalue weighted by molar-refractivity contribution is 5.93. The summed E-state index contributed by atoms with van der Waals surface area (Å²) in [5.41, 5.74) is 1.70. The van der Waals surface area contributed by atoms with Crippen molar-refractivity contribution >= 4 is 29.7 Å². The van der Waals surface area contributed by atoms with Gasteiger partial charge in [-0.15, -0.1) is 12.4 Å². The lowest BCUT2D eigenvalue weighted by Crippen LogP contribution is -2.21. The molecular weight excluding hydrogens is 324 g/mol. The van der Waals surface area contributed by atoms with Gasteiger partial charge in [0.15, 0.2) is 0 Å². The van der Waals surface area contributed by atoms with Crippen LogP contribution in [0.15, 0.2) is 54.6 Å². The molecule has 3 rings (SSSR count). The van der Waals surface area contributed by atoms with Crippen molar-refractivity contribution < 1.29 is 9.53 Å². The molecule has 128 valence electrons. The number of hydrogen-bond acceptors (Lipinski definition) is 3. The quantitative estimate of drug-likeness (QED) is 0.810. The number of amides is 1. The van der Waals surface area contributed by atoms with Gasteiger partial charge in [0.1, 0.15) is 5.75 Å². The first kappa shape index (κ1) is 18.1. The van der Waals surface area contributed by atoms with Crippen LogP contribution in [0.5, 0.6) is 5.75 Å². The van der Waals surface area contributed by atoms with E-state index in [1.54, 1.807) is 0 Å². The maximum absolute atomic E-state index is 12.0. The van der Waals surface area contributed by atoms with E-state index in [0.717, 1.165) is 30.0 Å². The highest BCUT2D eigenvalue weighted by Gasteiger charge is 2.16. The van der Waals surface area contributed by atoms with Gasteiger partial charge in [-0.05, 0) is 49.9 Å². The fraction of sp³-hybridized carbons (Fsp3) is 0.316. The summed E-state index contributed by atoms with van der Waals surface area (Å²) < 4.78 is 5.96. The summed E-state index contributed by atoms with van der Waals surface area (Å²) in [5, 5.41) is 5.99. The minimum absolute atomic E-state index is 0. The van der Waals surface area contributed by atoms with Crippen LogP contribution in [0.25, 0.3) is 0 Å². The van der Waals surface area contributed by atoms with E-state index in [1.165, 1.54) is 12.8 Å². The zero-order valence-electron chi connectivity index (χ0n) is 13.5. The molecule has 2 aromatic rings. The number of hydrogen-bond donors (Lipinski definition) is 2. The van der Waals surface area contributed by atoms with Crippen molar-refractivity contribution in [2.45, 2.75) is 31.8 Å². The van der Waals surface area contributed by atoms with Gasteiger partial charge in [-0.2, -0.15) is 0 Å². The van der Waals surface area contributed by atoms with Crippen LogP contribution in [0.3, 0.4) is 0 Å². The van der Waals surface area contributed by atoms with Gasteiger partial charge in [0.25, 0.3) is 0 Å². The Hall–Kier alpha value is -2.20. The SMILES string of the molecule is Cl.O=C(CNc1ccccc1)Nc1cccc(OC2CCCC2)c1. The summed E-state index contributed by atoms with van der Waals surface area (Å²) in [7, 11) is 0. The molecule has 0 spiro atoms. The first-order chi connectivity index (χ1) is 11.3. The molecule has 1 fully saturated rings. The second-order valence-corrected chi connectivity index (χ2v) is 5.82. The Kier molecular flexibility index (Phi) is 6.94. The van der Waals surface area contributed by atoms with Crippen LogP contribution in [0, 0.1) is 0 Å². The Morgan fingerprint density at radius 3 is 2.46 bits per heavy atom. The smallest absolute Gasteiger partial charge is 0.243 e. The van der Waals surface area contributed by atoms with Crippen molar-refractivity contribution in [1.82, 2.24) is 0 Å². The van der Waals surface area contributed by atoms with Gasteiger partial charge in [-0.25, -0.2) is 0 Å². The number of rotatable bonds is 6. The predicted octanol–water partition coefficient (Wildman–Crippen LogP) is 4.48. The van der Waals surface area contributed by atoms with Gasteiger partial charge in [0.05, 0.1) is 12.6 Å². The van der Waals surface area contributed by atoms with Crippen LogP contribution < -0.4 is 15.4 Å². The standard InChI is InChI=1S/C19H22N2O2.ClH/c22-19(14-20-15-7-2-1-3-8-15)21-16-9-6-12-18(13-16)23-17-10-4-5-11-17;/h1-3,6-9,12-13,17,20H,4-5,10-11,14H2,(H,21,22);1H. The van der Waals surface area contributed by atoms with Crippen molar-refractivity contribution in [2.75, 3.05) is 17.2 Å². The molecule has 4 nitrogen and oxygen atoms in total. The molecule has 2 aromatic carbocycles. The van der Waals surface area contributed by atoms with E-state index in [1.807, 2.05) is 54.6 Å². The summed E-state index contributed by atoms with van der Waals surface area (Å²) in [4.78, 5) is 12.0. The molecule has 0 radical (unpaired) electrons. The van der Waals surface area contributed by atoms with Crippen LogP contribution in [-0.4, -0.2) is 18.6 Å². The Morgan fingerprint density at radius 2 is 1.71 bits per heavy atom. The summed E-state index contributed by atoms with van der Waals surface area (Å²) in [6.07, 6.45) is 5.05. The van der Waals surface area contributed by atoms with E-state index < -0.39 is 0 Å². The van der Waals surface area contributed by atoms with Gasteiger partial charge >= 0.3 is 0 Å². The molecule has 0 bridgehead atoms. The van der Waals surface area contributed by atoms with E-state index in [9.17, 15) is 4.79 Å². The van der Waals surface area contributed by atoms with E-state index in [4.69, 9.17) is 4.74 Å². The van der Waals surface area contributed by atoms with Crippen molar-refractivity contribution in [3.63, 3.8) is 0 Å². The molecule has 0 unspecified atom stereocenters. The summed E-state index contributed by atoms with van der Waals surface area (Å²) in [6.45, 7) is 0.234. The molecule has 0 aliphatic heterocycles. The van der Waals surface area contributed by atoms with Crippen LogP contribution in [-0.2, 0) is 4.79 Å². The average Bonchev–Trinajstić information content (AvgIpc) is 3.07. The minimum Gasteiger partial charge on any atom is -0.490 e. The van der Waals surface area contributed by atoms with Crippen LogP contribution in [0.1, 0.15) is 25.7 Å². The third-order valence-electron chi connectivity index (χ3n) is 3.95. The Morgan fingerprint density at radius 1 is 1.00 bits per heavy atom. The topological polar surface area (TPSA) is 50.4 Å². The third-order valence-corrected chi connectivity index (χ3v) is 3.95. The Labute approximate surface area is 149 Å². The van der Waals surface area contributed by atoms with E-state index in [2.05, 4.69) is 10.6 Å². The van der Waals surface area contributed by atoms with Crippen LogP contribution in [0.2, 0.25) is 0 Å². The van der Waals surface area contributed by atoms with Crippen LogP contribution >= 0.6 is 12.4 Å². The first-order valence-corrected chi connectivity index (χ1v) is 8.15. The minimum atomic E-state index is -0.0770. The van der Waals surface area contributed by atoms with Crippen molar-refractivity contribution in [2.24, 2.45) is 0 Å². The molecule has 1 amide bonds. The molecule has 0 atom stereocenters. The van der Waals surface area contributed by atoms with Gasteiger partial charge in [0, 0.05) is 17.4 Å². The summed E-state index contributed by atoms with van der Waals surface area (Å²) in [6, 6.07) is 17.3. The second-order valence-electron chi connectivity index (χ2n) is 5.82. The predicted molar refractivity (Wildman–Crippen MR) is 100 cm³/mol. The largest absolute Gasteiger partial charge is 0.490 e. The summed E-state index contributed by atoms with van der Waals surface area (Å²) >= 11 is 0. The van der Waals surface area contributed by atoms with E-state index in [0.29, 0.717) is 6.10 Å². The van der Waals surface area contributed by atoms with E-state index >= 15 is 0 Å². The molecule has 2 N–H and O–H groups in total. The number of nitrogens with one attached hydrogen (secondary N) is 2. The van der Waals surface area contributed by atoms with Crippen LogP contribution in [0.4, 0.5) is 11.4 Å². The normalized spacial score (nSPS) is 13.8.